The van der Waals surface area contributed by atoms with Crippen LogP contribution in [-0.4, -0.2) is 35.9 Å². The lowest BCUT2D eigenvalue weighted by molar-refractivity contribution is -0.00363. The van der Waals surface area contributed by atoms with Gasteiger partial charge in [0.25, 0.3) is 5.92 Å². The van der Waals surface area contributed by atoms with Crippen molar-refractivity contribution in [3.63, 3.8) is 0 Å². The van der Waals surface area contributed by atoms with Crippen LogP contribution in [-0.2, 0) is 4.74 Å². The van der Waals surface area contributed by atoms with Gasteiger partial charge in [-0.05, 0) is 22.3 Å². The van der Waals surface area contributed by atoms with Gasteiger partial charge < -0.3 is 15.2 Å². The number of alkyl carbamates (subject to hydrolysis) is 1. The predicted molar refractivity (Wildman–Crippen MR) is 92.2 cm³/mol. The molecule has 0 heterocycles. The van der Waals surface area contributed by atoms with Crippen LogP contribution >= 0.6 is 0 Å². The van der Waals surface area contributed by atoms with Crippen molar-refractivity contribution in [1.82, 2.24) is 5.32 Å². The molecule has 2 aromatic carbocycles. The van der Waals surface area contributed by atoms with Crippen molar-refractivity contribution in [3.8, 4) is 11.1 Å². The van der Waals surface area contributed by atoms with E-state index in [1.54, 1.807) is 0 Å². The van der Waals surface area contributed by atoms with E-state index in [1.165, 1.54) is 0 Å². The molecule has 4 rings (SSSR count). The van der Waals surface area contributed by atoms with E-state index in [2.05, 4.69) is 5.32 Å². The van der Waals surface area contributed by atoms with Gasteiger partial charge in [0.1, 0.15) is 6.61 Å². The van der Waals surface area contributed by atoms with Crippen LogP contribution in [0.5, 0.6) is 0 Å². The van der Waals surface area contributed by atoms with Gasteiger partial charge in [-0.2, -0.15) is 0 Å². The first-order chi connectivity index (χ1) is 12.4. The van der Waals surface area contributed by atoms with E-state index in [9.17, 15) is 18.7 Å². The average molecular weight is 359 g/mol. The maximum atomic E-state index is 13.3. The second kappa shape index (κ2) is 6.36. The molecule has 1 saturated carbocycles. The van der Waals surface area contributed by atoms with Crippen LogP contribution in [0, 0.1) is 0 Å². The Morgan fingerprint density at radius 1 is 1.08 bits per heavy atom. The molecule has 2 aromatic rings. The van der Waals surface area contributed by atoms with Gasteiger partial charge >= 0.3 is 6.09 Å². The minimum absolute atomic E-state index is 0.0944. The van der Waals surface area contributed by atoms with Gasteiger partial charge in [-0.25, -0.2) is 13.6 Å². The quantitative estimate of drug-likeness (QED) is 0.879. The molecule has 0 aromatic heterocycles. The monoisotopic (exact) mass is 359 g/mol. The standard InChI is InChI=1S/C20H19F2NO3/c21-20(22)9-17(18(24)10-20)23-19(25)26-11-16-14-7-3-1-5-12(14)13-6-2-4-8-15(13)16/h1-8,16-18,24H,9-11H2,(H,23,25)/t17-,18-/m1/s1. The van der Waals surface area contributed by atoms with Crippen molar-refractivity contribution in [2.24, 2.45) is 0 Å². The van der Waals surface area contributed by atoms with Gasteiger partial charge in [-0.1, -0.05) is 48.5 Å². The number of halogens is 2. The summed E-state index contributed by atoms with van der Waals surface area (Å²) in [7, 11) is 0. The Balaban J connectivity index is 1.44. The van der Waals surface area contributed by atoms with Crippen molar-refractivity contribution < 1.29 is 23.4 Å². The van der Waals surface area contributed by atoms with Gasteiger partial charge in [0, 0.05) is 18.8 Å². The molecule has 136 valence electrons. The third-order valence-corrected chi connectivity index (χ3v) is 5.14. The van der Waals surface area contributed by atoms with Crippen LogP contribution in [0.3, 0.4) is 0 Å². The van der Waals surface area contributed by atoms with Crippen LogP contribution in [0.4, 0.5) is 13.6 Å². The Bertz CT molecular complexity index is 794. The van der Waals surface area contributed by atoms with Crippen molar-refractivity contribution >= 4 is 6.09 Å². The van der Waals surface area contributed by atoms with E-state index < -0.39 is 37.0 Å². The lowest BCUT2D eigenvalue weighted by Gasteiger charge is -2.18. The number of benzene rings is 2. The summed E-state index contributed by atoms with van der Waals surface area (Å²) in [6, 6.07) is 14.9. The molecule has 0 unspecified atom stereocenters. The summed E-state index contributed by atoms with van der Waals surface area (Å²) in [6.07, 6.45) is -3.25. The first kappa shape index (κ1) is 17.0. The van der Waals surface area contributed by atoms with Crippen LogP contribution in [0.25, 0.3) is 11.1 Å². The highest BCUT2D eigenvalue weighted by Crippen LogP contribution is 2.44. The first-order valence-electron chi connectivity index (χ1n) is 8.62. The van der Waals surface area contributed by atoms with E-state index >= 15 is 0 Å². The van der Waals surface area contributed by atoms with Crippen LogP contribution in [0.2, 0.25) is 0 Å². The molecule has 2 aliphatic carbocycles. The molecular formula is C20H19F2NO3. The number of aliphatic hydroxyl groups excluding tert-OH is 1. The fourth-order valence-electron chi connectivity index (χ4n) is 3.93. The number of fused-ring (bicyclic) bond motifs is 3. The average Bonchev–Trinajstić information content (AvgIpc) is 3.06. The molecule has 4 nitrogen and oxygen atoms in total. The third kappa shape index (κ3) is 3.05. The van der Waals surface area contributed by atoms with E-state index in [-0.39, 0.29) is 12.5 Å². The molecule has 0 radical (unpaired) electrons. The fraction of sp³-hybridized carbons (Fsp3) is 0.350. The van der Waals surface area contributed by atoms with Crippen molar-refractivity contribution in [2.45, 2.75) is 36.8 Å². The number of aliphatic hydroxyl groups is 1. The summed E-state index contributed by atoms with van der Waals surface area (Å²) in [6.45, 7) is 0.110. The molecule has 0 aliphatic heterocycles. The minimum Gasteiger partial charge on any atom is -0.449 e. The van der Waals surface area contributed by atoms with Crippen molar-refractivity contribution in [1.29, 1.82) is 0 Å². The maximum Gasteiger partial charge on any atom is 0.407 e. The largest absolute Gasteiger partial charge is 0.449 e. The van der Waals surface area contributed by atoms with Crippen LogP contribution < -0.4 is 5.32 Å². The molecule has 2 aliphatic rings. The molecule has 6 heteroatoms. The second-order valence-electron chi connectivity index (χ2n) is 6.91. The van der Waals surface area contributed by atoms with Gasteiger partial charge in [0.05, 0.1) is 12.1 Å². The summed E-state index contributed by atoms with van der Waals surface area (Å²) in [5, 5.41) is 12.0. The molecule has 2 atom stereocenters. The van der Waals surface area contributed by atoms with Gasteiger partial charge in [0.2, 0.25) is 0 Å². The number of amides is 1. The fourth-order valence-corrected chi connectivity index (χ4v) is 3.93. The Morgan fingerprint density at radius 3 is 2.19 bits per heavy atom. The van der Waals surface area contributed by atoms with Gasteiger partial charge in [-0.3, -0.25) is 0 Å². The number of ether oxygens (including phenoxy) is 1. The summed E-state index contributed by atoms with van der Waals surface area (Å²) < 4.78 is 31.9. The number of carbonyl (C=O) groups is 1. The number of alkyl halides is 2. The predicted octanol–water partition coefficient (Wildman–Crippen LogP) is 3.68. The molecule has 0 bridgehead atoms. The molecule has 0 saturated heterocycles. The minimum atomic E-state index is -2.96. The molecule has 26 heavy (non-hydrogen) atoms. The Morgan fingerprint density at radius 2 is 1.65 bits per heavy atom. The Hall–Kier alpha value is -2.47. The van der Waals surface area contributed by atoms with Crippen LogP contribution in [0.15, 0.2) is 48.5 Å². The number of carbonyl (C=O) groups excluding carboxylic acids is 1. The Kier molecular flexibility index (Phi) is 4.15. The molecule has 1 fully saturated rings. The number of hydrogen-bond donors (Lipinski definition) is 2. The molecular weight excluding hydrogens is 340 g/mol. The zero-order chi connectivity index (χ0) is 18.3. The number of hydrogen-bond acceptors (Lipinski definition) is 3. The van der Waals surface area contributed by atoms with Crippen molar-refractivity contribution in [3.05, 3.63) is 59.7 Å². The van der Waals surface area contributed by atoms with E-state index in [4.69, 9.17) is 4.74 Å². The summed E-state index contributed by atoms with van der Waals surface area (Å²) in [5.74, 6) is -3.05. The first-order valence-corrected chi connectivity index (χ1v) is 8.62. The second-order valence-corrected chi connectivity index (χ2v) is 6.91. The van der Waals surface area contributed by atoms with Crippen LogP contribution in [0.1, 0.15) is 29.9 Å². The molecule has 0 spiro atoms. The SMILES string of the molecule is O=C(N[C@@H]1CC(F)(F)C[C@H]1O)OCC1c2ccccc2-c2ccccc21. The van der Waals surface area contributed by atoms with E-state index in [0.717, 1.165) is 22.3 Å². The third-order valence-electron chi connectivity index (χ3n) is 5.14. The highest BCUT2D eigenvalue weighted by molar-refractivity contribution is 5.79. The molecule has 2 N–H and O–H groups in total. The summed E-state index contributed by atoms with van der Waals surface area (Å²) in [4.78, 5) is 12.0. The zero-order valence-corrected chi connectivity index (χ0v) is 14.0. The number of nitrogens with one attached hydrogen (secondary N) is 1. The Labute approximate surface area is 149 Å². The van der Waals surface area contributed by atoms with E-state index in [0.29, 0.717) is 0 Å². The van der Waals surface area contributed by atoms with E-state index in [1.807, 2.05) is 48.5 Å². The van der Waals surface area contributed by atoms with Crippen molar-refractivity contribution in [2.75, 3.05) is 6.61 Å². The summed E-state index contributed by atoms with van der Waals surface area (Å²) >= 11 is 0. The van der Waals surface area contributed by atoms with Gasteiger partial charge in [-0.15, -0.1) is 0 Å². The normalized spacial score (nSPS) is 23.3. The van der Waals surface area contributed by atoms with Gasteiger partial charge in [0.15, 0.2) is 0 Å². The highest BCUT2D eigenvalue weighted by Gasteiger charge is 2.46. The highest BCUT2D eigenvalue weighted by atomic mass is 19.3. The topological polar surface area (TPSA) is 58.6 Å². The lowest BCUT2D eigenvalue weighted by atomic mass is 9.98. The smallest absolute Gasteiger partial charge is 0.407 e. The zero-order valence-electron chi connectivity index (χ0n) is 14.0. The maximum absolute atomic E-state index is 13.3. The molecule has 1 amide bonds. The lowest BCUT2D eigenvalue weighted by Crippen LogP contribution is -2.40. The number of rotatable bonds is 3. The summed E-state index contributed by atoms with van der Waals surface area (Å²) in [5.41, 5.74) is 4.38.